The van der Waals surface area contributed by atoms with E-state index in [0.29, 0.717) is 24.7 Å². The molecule has 3 rings (SSSR count). The number of hydrogen-bond acceptors (Lipinski definition) is 2. The molecule has 116 valence electrons. The van der Waals surface area contributed by atoms with Crippen molar-refractivity contribution < 1.29 is 9.59 Å². The van der Waals surface area contributed by atoms with Gasteiger partial charge in [0.1, 0.15) is 0 Å². The summed E-state index contributed by atoms with van der Waals surface area (Å²) in [4.78, 5) is 24.2. The first-order chi connectivity index (χ1) is 10.4. The topological polar surface area (TPSA) is 46.2 Å². The number of ketones is 1. The van der Waals surface area contributed by atoms with Crippen LogP contribution in [0, 0.1) is 17.3 Å². The predicted molar refractivity (Wildman–Crippen MR) is 86.0 cm³/mol. The molecule has 0 aromatic heterocycles. The van der Waals surface area contributed by atoms with E-state index in [2.05, 4.69) is 19.2 Å². The van der Waals surface area contributed by atoms with E-state index in [1.165, 1.54) is 0 Å². The standard InChI is InChI=1S/C19H23NO2/c1-12(17-15(21)11-14-18(17)19(14,2)3)20-16(22)10-9-13-7-5-4-6-8-13/h4-8,14,18H,9-11H2,1-3H3,(H,20,22). The van der Waals surface area contributed by atoms with E-state index in [1.807, 2.05) is 37.3 Å². The molecule has 1 N–H and O–H groups in total. The Morgan fingerprint density at radius 3 is 2.59 bits per heavy atom. The Hall–Kier alpha value is -1.90. The first-order valence-corrected chi connectivity index (χ1v) is 7.99. The van der Waals surface area contributed by atoms with E-state index in [4.69, 9.17) is 0 Å². The van der Waals surface area contributed by atoms with Gasteiger partial charge >= 0.3 is 0 Å². The fourth-order valence-corrected chi connectivity index (χ4v) is 3.87. The van der Waals surface area contributed by atoms with Gasteiger partial charge in [0, 0.05) is 24.1 Å². The number of carbonyl (C=O) groups is 2. The maximum absolute atomic E-state index is 12.1. The van der Waals surface area contributed by atoms with Crippen molar-refractivity contribution in [3.8, 4) is 0 Å². The lowest BCUT2D eigenvalue weighted by molar-refractivity contribution is -0.120. The molecule has 0 saturated heterocycles. The zero-order valence-corrected chi connectivity index (χ0v) is 13.5. The molecule has 1 aromatic carbocycles. The highest BCUT2D eigenvalue weighted by atomic mass is 16.1. The first-order valence-electron chi connectivity index (χ1n) is 7.99. The van der Waals surface area contributed by atoms with Crippen molar-refractivity contribution in [1.29, 1.82) is 0 Å². The molecule has 2 aliphatic rings. The molecule has 1 aromatic rings. The van der Waals surface area contributed by atoms with Crippen molar-refractivity contribution in [3.05, 3.63) is 47.2 Å². The van der Waals surface area contributed by atoms with Crippen LogP contribution >= 0.6 is 0 Å². The molecule has 2 saturated carbocycles. The minimum Gasteiger partial charge on any atom is -0.330 e. The lowest BCUT2D eigenvalue weighted by atomic mass is 9.95. The van der Waals surface area contributed by atoms with Crippen LogP contribution in [-0.4, -0.2) is 11.7 Å². The summed E-state index contributed by atoms with van der Waals surface area (Å²) >= 11 is 0. The quantitative estimate of drug-likeness (QED) is 0.867. The van der Waals surface area contributed by atoms with Gasteiger partial charge in [0.25, 0.3) is 0 Å². The molecule has 0 radical (unpaired) electrons. The van der Waals surface area contributed by atoms with E-state index < -0.39 is 0 Å². The van der Waals surface area contributed by atoms with Gasteiger partial charge in [0.15, 0.2) is 5.78 Å². The molecular weight excluding hydrogens is 274 g/mol. The van der Waals surface area contributed by atoms with E-state index in [9.17, 15) is 9.59 Å². The normalized spacial score (nSPS) is 27.3. The number of aryl methyl sites for hydroxylation is 1. The Bertz CT molecular complexity index is 643. The summed E-state index contributed by atoms with van der Waals surface area (Å²) in [6.45, 7) is 6.28. The van der Waals surface area contributed by atoms with Crippen molar-refractivity contribution in [2.45, 2.75) is 40.0 Å². The molecule has 2 unspecified atom stereocenters. The van der Waals surface area contributed by atoms with Crippen LogP contribution in [0.1, 0.15) is 39.2 Å². The Labute approximate surface area is 131 Å². The molecule has 2 fully saturated rings. The zero-order valence-electron chi connectivity index (χ0n) is 13.5. The number of carbonyl (C=O) groups excluding carboxylic acids is 2. The number of Topliss-reactive ketones (excluding diaryl/α,β-unsaturated/α-hetero) is 1. The molecule has 3 nitrogen and oxygen atoms in total. The van der Waals surface area contributed by atoms with Crippen LogP contribution in [0.2, 0.25) is 0 Å². The number of hydrogen-bond donors (Lipinski definition) is 1. The highest BCUT2D eigenvalue weighted by Gasteiger charge is 2.65. The second-order valence-corrected chi connectivity index (χ2v) is 7.11. The molecule has 0 aliphatic heterocycles. The molecule has 2 atom stereocenters. The molecular formula is C19H23NO2. The largest absolute Gasteiger partial charge is 0.330 e. The van der Waals surface area contributed by atoms with Crippen molar-refractivity contribution in [1.82, 2.24) is 5.32 Å². The molecule has 0 spiro atoms. The number of allylic oxidation sites excluding steroid dienone is 2. The number of benzene rings is 1. The van der Waals surface area contributed by atoms with Gasteiger partial charge in [0.2, 0.25) is 5.91 Å². The van der Waals surface area contributed by atoms with E-state index in [1.54, 1.807) is 0 Å². The van der Waals surface area contributed by atoms with Gasteiger partial charge in [-0.05, 0) is 36.2 Å². The second kappa shape index (κ2) is 5.38. The summed E-state index contributed by atoms with van der Waals surface area (Å²) in [5.41, 5.74) is 3.01. The van der Waals surface area contributed by atoms with Crippen molar-refractivity contribution >= 4 is 11.7 Å². The fraction of sp³-hybridized carbons (Fsp3) is 0.474. The third-order valence-electron chi connectivity index (χ3n) is 5.28. The summed E-state index contributed by atoms with van der Waals surface area (Å²) in [6.07, 6.45) is 1.81. The van der Waals surface area contributed by atoms with Gasteiger partial charge in [0.05, 0.1) is 0 Å². The Morgan fingerprint density at radius 1 is 1.27 bits per heavy atom. The van der Waals surface area contributed by atoms with Crippen molar-refractivity contribution in [3.63, 3.8) is 0 Å². The molecule has 2 aliphatic carbocycles. The summed E-state index contributed by atoms with van der Waals surface area (Å²) < 4.78 is 0. The minimum atomic E-state index is -0.0106. The minimum absolute atomic E-state index is 0.0106. The van der Waals surface area contributed by atoms with Gasteiger partial charge in [-0.3, -0.25) is 9.59 Å². The van der Waals surface area contributed by atoms with Crippen molar-refractivity contribution in [2.75, 3.05) is 0 Å². The van der Waals surface area contributed by atoms with Crippen LogP contribution in [0.15, 0.2) is 41.6 Å². The summed E-state index contributed by atoms with van der Waals surface area (Å²) in [6, 6.07) is 9.98. The third-order valence-corrected chi connectivity index (χ3v) is 5.28. The Balaban J connectivity index is 1.62. The predicted octanol–water partition coefficient (Wildman–Crippen LogP) is 3.25. The number of amides is 1. The Kier molecular flexibility index (Phi) is 3.67. The summed E-state index contributed by atoms with van der Waals surface area (Å²) in [5, 5.41) is 2.94. The van der Waals surface area contributed by atoms with Gasteiger partial charge in [-0.25, -0.2) is 0 Å². The van der Waals surface area contributed by atoms with E-state index in [-0.39, 0.29) is 17.1 Å². The summed E-state index contributed by atoms with van der Waals surface area (Å²) in [5.74, 6) is 1.03. The van der Waals surface area contributed by atoms with Crippen molar-refractivity contribution in [2.24, 2.45) is 17.3 Å². The lowest BCUT2D eigenvalue weighted by Gasteiger charge is -2.13. The average Bonchev–Trinajstić information content (AvgIpc) is 2.84. The van der Waals surface area contributed by atoms with Crippen LogP contribution in [0.25, 0.3) is 0 Å². The van der Waals surface area contributed by atoms with Gasteiger partial charge in [-0.1, -0.05) is 44.2 Å². The molecule has 22 heavy (non-hydrogen) atoms. The van der Waals surface area contributed by atoms with Crippen LogP contribution in [0.4, 0.5) is 0 Å². The maximum atomic E-state index is 12.1. The van der Waals surface area contributed by atoms with Gasteiger partial charge in [-0.2, -0.15) is 0 Å². The Morgan fingerprint density at radius 2 is 1.95 bits per heavy atom. The van der Waals surface area contributed by atoms with Crippen LogP contribution in [0.3, 0.4) is 0 Å². The van der Waals surface area contributed by atoms with Crippen LogP contribution in [0.5, 0.6) is 0 Å². The molecule has 0 bridgehead atoms. The number of fused-ring (bicyclic) bond motifs is 1. The number of rotatable bonds is 4. The fourth-order valence-electron chi connectivity index (χ4n) is 3.87. The lowest BCUT2D eigenvalue weighted by Crippen LogP contribution is -2.25. The van der Waals surface area contributed by atoms with Crippen LogP contribution < -0.4 is 5.32 Å². The third kappa shape index (κ3) is 2.60. The smallest absolute Gasteiger partial charge is 0.224 e. The van der Waals surface area contributed by atoms with E-state index in [0.717, 1.165) is 23.3 Å². The van der Waals surface area contributed by atoms with Gasteiger partial charge in [-0.15, -0.1) is 0 Å². The van der Waals surface area contributed by atoms with E-state index >= 15 is 0 Å². The molecule has 3 heteroatoms. The second-order valence-electron chi connectivity index (χ2n) is 7.11. The molecule has 0 heterocycles. The highest BCUT2D eigenvalue weighted by molar-refractivity contribution is 6.01. The highest BCUT2D eigenvalue weighted by Crippen LogP contribution is 2.68. The molecule has 1 amide bonds. The average molecular weight is 297 g/mol. The monoisotopic (exact) mass is 297 g/mol. The summed E-state index contributed by atoms with van der Waals surface area (Å²) in [7, 11) is 0. The SMILES string of the molecule is CC(NC(=O)CCc1ccccc1)=C1C(=O)CC2C1C2(C)C. The number of nitrogens with one attached hydrogen (secondary N) is 1. The zero-order chi connectivity index (χ0) is 15.9. The van der Waals surface area contributed by atoms with Crippen LogP contribution in [-0.2, 0) is 16.0 Å². The van der Waals surface area contributed by atoms with Gasteiger partial charge < -0.3 is 5.32 Å². The maximum Gasteiger partial charge on any atom is 0.224 e. The first kappa shape index (κ1) is 15.0.